The van der Waals surface area contributed by atoms with Gasteiger partial charge in [0.05, 0.1) is 6.54 Å². The SMILES string of the molecule is CCCc1ccc(-c2ncn(CCC(=O)NCc3ccccc3Cl)n2)cc1. The Balaban J connectivity index is 1.50. The third kappa shape index (κ3) is 5.41. The standard InChI is InChI=1S/C21H23ClN4O/c1-2-5-16-8-10-17(11-9-16)21-24-15-26(25-21)13-12-20(27)23-14-18-6-3-4-7-19(18)22/h3-4,6-11,15H,2,5,12-14H2,1H3,(H,23,27). The van der Waals surface area contributed by atoms with Gasteiger partial charge in [-0.1, -0.05) is 67.4 Å². The molecule has 27 heavy (non-hydrogen) atoms. The number of amides is 1. The van der Waals surface area contributed by atoms with Crippen LogP contribution in [-0.2, 0) is 24.3 Å². The van der Waals surface area contributed by atoms with E-state index in [4.69, 9.17) is 11.6 Å². The molecule has 0 saturated heterocycles. The highest BCUT2D eigenvalue weighted by molar-refractivity contribution is 6.31. The monoisotopic (exact) mass is 382 g/mol. The predicted octanol–water partition coefficient (Wildman–Crippen LogP) is 4.26. The second-order valence-corrected chi connectivity index (χ2v) is 6.80. The van der Waals surface area contributed by atoms with Crippen LogP contribution in [0.4, 0.5) is 0 Å². The number of hydrogen-bond acceptors (Lipinski definition) is 3. The lowest BCUT2D eigenvalue weighted by atomic mass is 10.1. The number of aryl methyl sites for hydroxylation is 2. The summed E-state index contributed by atoms with van der Waals surface area (Å²) in [7, 11) is 0. The van der Waals surface area contributed by atoms with Gasteiger partial charge in [0.25, 0.3) is 0 Å². The second kappa shape index (κ2) is 9.33. The van der Waals surface area contributed by atoms with Gasteiger partial charge in [-0.2, -0.15) is 5.10 Å². The zero-order valence-electron chi connectivity index (χ0n) is 15.4. The first-order valence-corrected chi connectivity index (χ1v) is 9.52. The third-order valence-corrected chi connectivity index (χ3v) is 4.66. The molecule has 0 radical (unpaired) electrons. The van der Waals surface area contributed by atoms with Crippen LogP contribution in [0.1, 0.15) is 30.9 Å². The first-order chi connectivity index (χ1) is 13.2. The van der Waals surface area contributed by atoms with Crippen molar-refractivity contribution >= 4 is 17.5 Å². The molecule has 3 rings (SSSR count). The summed E-state index contributed by atoms with van der Waals surface area (Å²) < 4.78 is 1.70. The maximum atomic E-state index is 12.1. The van der Waals surface area contributed by atoms with Gasteiger partial charge < -0.3 is 5.32 Å². The number of halogens is 1. The van der Waals surface area contributed by atoms with Crippen molar-refractivity contribution in [2.24, 2.45) is 0 Å². The Morgan fingerprint density at radius 3 is 2.67 bits per heavy atom. The molecule has 1 N–H and O–H groups in total. The molecule has 0 saturated carbocycles. The molecule has 0 aliphatic carbocycles. The van der Waals surface area contributed by atoms with E-state index >= 15 is 0 Å². The van der Waals surface area contributed by atoms with Gasteiger partial charge in [0, 0.05) is 23.6 Å². The maximum Gasteiger partial charge on any atom is 0.222 e. The molecule has 0 atom stereocenters. The first-order valence-electron chi connectivity index (χ1n) is 9.14. The number of aromatic nitrogens is 3. The van der Waals surface area contributed by atoms with Gasteiger partial charge in [-0.25, -0.2) is 4.98 Å². The average molecular weight is 383 g/mol. The minimum absolute atomic E-state index is 0.0455. The van der Waals surface area contributed by atoms with Crippen LogP contribution in [-0.4, -0.2) is 20.7 Å². The van der Waals surface area contributed by atoms with Crippen LogP contribution in [0.5, 0.6) is 0 Å². The van der Waals surface area contributed by atoms with Crippen LogP contribution in [0.15, 0.2) is 54.9 Å². The van der Waals surface area contributed by atoms with E-state index in [9.17, 15) is 4.79 Å². The molecule has 0 aliphatic heterocycles. The van der Waals surface area contributed by atoms with E-state index in [0.717, 1.165) is 24.0 Å². The zero-order chi connectivity index (χ0) is 19.1. The molecule has 1 amide bonds. The van der Waals surface area contributed by atoms with Crippen molar-refractivity contribution in [1.29, 1.82) is 0 Å². The van der Waals surface area contributed by atoms with Crippen molar-refractivity contribution in [1.82, 2.24) is 20.1 Å². The Labute approximate surface area is 164 Å². The normalized spacial score (nSPS) is 10.7. The molecule has 0 unspecified atom stereocenters. The number of nitrogens with zero attached hydrogens (tertiary/aromatic N) is 3. The molecule has 6 heteroatoms. The third-order valence-electron chi connectivity index (χ3n) is 4.29. The van der Waals surface area contributed by atoms with E-state index in [2.05, 4.69) is 34.5 Å². The van der Waals surface area contributed by atoms with Crippen LogP contribution in [0.2, 0.25) is 5.02 Å². The fourth-order valence-electron chi connectivity index (χ4n) is 2.78. The summed E-state index contributed by atoms with van der Waals surface area (Å²) >= 11 is 6.10. The molecule has 1 aromatic heterocycles. The molecule has 1 heterocycles. The summed E-state index contributed by atoms with van der Waals surface area (Å²) in [5.74, 6) is 0.630. The van der Waals surface area contributed by atoms with Crippen molar-refractivity contribution in [2.45, 2.75) is 39.3 Å². The minimum atomic E-state index is -0.0455. The highest BCUT2D eigenvalue weighted by atomic mass is 35.5. The van der Waals surface area contributed by atoms with Crippen molar-refractivity contribution in [2.75, 3.05) is 0 Å². The molecule has 0 fully saturated rings. The summed E-state index contributed by atoms with van der Waals surface area (Å²) in [6.07, 6.45) is 4.20. The minimum Gasteiger partial charge on any atom is -0.352 e. The molecule has 0 aliphatic rings. The number of nitrogens with one attached hydrogen (secondary N) is 1. The number of carbonyl (C=O) groups excluding carboxylic acids is 1. The molecule has 0 spiro atoms. The highest BCUT2D eigenvalue weighted by Crippen LogP contribution is 2.16. The zero-order valence-corrected chi connectivity index (χ0v) is 16.1. The van der Waals surface area contributed by atoms with Gasteiger partial charge in [-0.15, -0.1) is 0 Å². The Morgan fingerprint density at radius 2 is 1.93 bits per heavy atom. The summed E-state index contributed by atoms with van der Waals surface area (Å²) in [4.78, 5) is 16.4. The Bertz CT molecular complexity index is 889. The fraction of sp³-hybridized carbons (Fsp3) is 0.286. The van der Waals surface area contributed by atoms with Gasteiger partial charge in [0.15, 0.2) is 5.82 Å². The van der Waals surface area contributed by atoms with E-state index in [1.54, 1.807) is 11.0 Å². The van der Waals surface area contributed by atoms with Gasteiger partial charge in [-0.3, -0.25) is 9.48 Å². The summed E-state index contributed by atoms with van der Waals surface area (Å²) in [6, 6.07) is 15.8. The highest BCUT2D eigenvalue weighted by Gasteiger charge is 2.07. The second-order valence-electron chi connectivity index (χ2n) is 6.40. The van der Waals surface area contributed by atoms with E-state index in [0.29, 0.717) is 30.4 Å². The molecule has 2 aromatic carbocycles. The van der Waals surface area contributed by atoms with Crippen molar-refractivity contribution in [3.8, 4) is 11.4 Å². The molecular formula is C21H23ClN4O. The van der Waals surface area contributed by atoms with Crippen LogP contribution in [0.25, 0.3) is 11.4 Å². The number of hydrogen-bond donors (Lipinski definition) is 1. The molecular weight excluding hydrogens is 360 g/mol. The van der Waals surface area contributed by atoms with E-state index < -0.39 is 0 Å². The van der Waals surface area contributed by atoms with E-state index in [-0.39, 0.29) is 5.91 Å². The summed E-state index contributed by atoms with van der Waals surface area (Å²) in [5.41, 5.74) is 3.20. The predicted molar refractivity (Wildman–Crippen MR) is 107 cm³/mol. The number of carbonyl (C=O) groups is 1. The topological polar surface area (TPSA) is 59.8 Å². The van der Waals surface area contributed by atoms with Crippen LogP contribution in [0.3, 0.4) is 0 Å². The van der Waals surface area contributed by atoms with Gasteiger partial charge in [-0.05, 0) is 23.6 Å². The van der Waals surface area contributed by atoms with Gasteiger partial charge in [0.1, 0.15) is 6.33 Å². The van der Waals surface area contributed by atoms with Gasteiger partial charge >= 0.3 is 0 Å². The van der Waals surface area contributed by atoms with Crippen LogP contribution >= 0.6 is 11.6 Å². The Morgan fingerprint density at radius 1 is 1.15 bits per heavy atom. The summed E-state index contributed by atoms with van der Waals surface area (Å²) in [5, 5.41) is 8.00. The van der Waals surface area contributed by atoms with E-state index in [1.807, 2.05) is 36.4 Å². The van der Waals surface area contributed by atoms with Crippen LogP contribution < -0.4 is 5.32 Å². The molecule has 3 aromatic rings. The number of rotatable bonds is 8. The Hall–Kier alpha value is -2.66. The first kappa shape index (κ1) is 19.1. The number of benzene rings is 2. The molecule has 5 nitrogen and oxygen atoms in total. The van der Waals surface area contributed by atoms with Crippen molar-refractivity contribution < 1.29 is 4.79 Å². The lowest BCUT2D eigenvalue weighted by Crippen LogP contribution is -2.24. The lowest BCUT2D eigenvalue weighted by Gasteiger charge is -2.06. The van der Waals surface area contributed by atoms with Crippen molar-refractivity contribution in [3.05, 3.63) is 71.0 Å². The van der Waals surface area contributed by atoms with Gasteiger partial charge in [0.2, 0.25) is 5.91 Å². The Kier molecular flexibility index (Phi) is 6.60. The van der Waals surface area contributed by atoms with E-state index in [1.165, 1.54) is 5.56 Å². The molecule has 0 bridgehead atoms. The quantitative estimate of drug-likeness (QED) is 0.633. The average Bonchev–Trinajstić information content (AvgIpc) is 3.16. The largest absolute Gasteiger partial charge is 0.352 e. The smallest absolute Gasteiger partial charge is 0.222 e. The maximum absolute atomic E-state index is 12.1. The fourth-order valence-corrected chi connectivity index (χ4v) is 2.99. The lowest BCUT2D eigenvalue weighted by molar-refractivity contribution is -0.121. The van der Waals surface area contributed by atoms with Crippen LogP contribution in [0, 0.1) is 0 Å². The van der Waals surface area contributed by atoms with Crippen molar-refractivity contribution in [3.63, 3.8) is 0 Å². The molecule has 140 valence electrons. The summed E-state index contributed by atoms with van der Waals surface area (Å²) in [6.45, 7) is 3.07.